The van der Waals surface area contributed by atoms with E-state index in [9.17, 15) is 34.8 Å². The van der Waals surface area contributed by atoms with Crippen LogP contribution in [0.15, 0.2) is 0 Å². The molecule has 56 heavy (non-hydrogen) atoms. The molecule has 7 unspecified atom stereocenters. The smallest absolute Gasteiger partial charge is 0.217 e. The third-order valence-corrected chi connectivity index (χ3v) is 9.93. The van der Waals surface area contributed by atoms with E-state index in [-0.39, 0.29) is 58.1 Å². The molecule has 0 radical (unpaired) electrons. The van der Waals surface area contributed by atoms with Crippen LogP contribution in [-0.2, 0) is 57.0 Å². The van der Waals surface area contributed by atoms with E-state index in [1.165, 1.54) is 20.8 Å². The number of hydrogen-bond acceptors (Lipinski definition) is 17. The van der Waals surface area contributed by atoms with Crippen LogP contribution in [0.3, 0.4) is 0 Å². The van der Waals surface area contributed by atoms with Gasteiger partial charge < -0.3 is 84.7 Å². The van der Waals surface area contributed by atoms with Crippen molar-refractivity contribution in [3.63, 3.8) is 0 Å². The first kappa shape index (κ1) is 48.2. The van der Waals surface area contributed by atoms with Gasteiger partial charge in [0.2, 0.25) is 17.7 Å². The van der Waals surface area contributed by atoms with E-state index < -0.39 is 117 Å². The number of carbonyl (C=O) groups is 3. The van der Waals surface area contributed by atoms with Gasteiger partial charge in [0.05, 0.1) is 82.7 Å². The van der Waals surface area contributed by atoms with E-state index in [1.807, 2.05) is 6.92 Å². The largest absolute Gasteiger partial charge is 0.394 e. The molecule has 0 aliphatic carbocycles. The van der Waals surface area contributed by atoms with E-state index in [4.69, 9.17) is 48.4 Å². The van der Waals surface area contributed by atoms with Gasteiger partial charge in [0, 0.05) is 52.4 Å². The topological polar surface area (TPSA) is 277 Å². The summed E-state index contributed by atoms with van der Waals surface area (Å²) in [5.41, 5.74) is 6.20. The minimum atomic E-state index is -1.43. The lowest BCUT2D eigenvalue weighted by Crippen LogP contribution is -2.66. The Bertz CT molecular complexity index is 1190. The second-order valence-corrected chi connectivity index (χ2v) is 14.2. The predicted octanol–water partition coefficient (Wildman–Crippen LogP) is -3.10. The Kier molecular flexibility index (Phi) is 20.7. The van der Waals surface area contributed by atoms with E-state index in [0.717, 1.165) is 0 Å². The van der Waals surface area contributed by atoms with E-state index in [0.29, 0.717) is 6.61 Å². The number of aliphatic hydroxyl groups excluding tert-OH is 4. The number of rotatable bonds is 22. The molecule has 0 aromatic carbocycles. The molecule has 3 fully saturated rings. The van der Waals surface area contributed by atoms with Crippen molar-refractivity contribution in [2.24, 2.45) is 17.6 Å². The monoisotopic (exact) mass is 810 g/mol. The van der Waals surface area contributed by atoms with Gasteiger partial charge in [-0.05, 0) is 27.7 Å². The van der Waals surface area contributed by atoms with Crippen molar-refractivity contribution in [3.05, 3.63) is 0 Å². The van der Waals surface area contributed by atoms with Crippen LogP contribution in [-0.4, -0.2) is 190 Å². The number of ether oxygens (including phenoxy) is 9. The average molecular weight is 811 g/mol. The van der Waals surface area contributed by atoms with E-state index >= 15 is 0 Å². The summed E-state index contributed by atoms with van der Waals surface area (Å²) in [4.78, 5) is 36.8. The molecule has 20 heteroatoms. The van der Waals surface area contributed by atoms with Crippen LogP contribution in [0.5, 0.6) is 0 Å². The molecular weight excluding hydrogens is 744 g/mol. The molecule has 20 nitrogen and oxygen atoms in total. The molecule has 0 bridgehead atoms. The van der Waals surface area contributed by atoms with Crippen LogP contribution in [0.4, 0.5) is 0 Å². The number of nitrogens with two attached hydrogens (primary N) is 1. The number of amides is 3. The maximum Gasteiger partial charge on any atom is 0.217 e. The molecule has 0 saturated carbocycles. The van der Waals surface area contributed by atoms with Crippen molar-refractivity contribution in [2.75, 3.05) is 66.1 Å². The predicted molar refractivity (Wildman–Crippen MR) is 196 cm³/mol. The minimum Gasteiger partial charge on any atom is -0.394 e. The number of aliphatic hydroxyl groups is 4. The number of carbonyl (C=O) groups excluding carboxylic acids is 3. The van der Waals surface area contributed by atoms with Crippen LogP contribution in [0.25, 0.3) is 0 Å². The molecule has 3 amide bonds. The second kappa shape index (κ2) is 24.1. The van der Waals surface area contributed by atoms with Gasteiger partial charge in [0.25, 0.3) is 0 Å². The summed E-state index contributed by atoms with van der Waals surface area (Å²) >= 11 is 0. The van der Waals surface area contributed by atoms with E-state index in [2.05, 4.69) is 16.0 Å². The molecule has 3 saturated heterocycles. The Morgan fingerprint density at radius 3 is 1.55 bits per heavy atom. The quantitative estimate of drug-likeness (QED) is 0.0503. The summed E-state index contributed by atoms with van der Waals surface area (Å²) in [6.07, 6.45) is -10.1. The average Bonchev–Trinajstić information content (AvgIpc) is 3.13. The lowest BCUT2D eigenvalue weighted by molar-refractivity contribution is -0.256. The first-order chi connectivity index (χ1) is 26.7. The van der Waals surface area contributed by atoms with Gasteiger partial charge in [-0.3, -0.25) is 14.4 Å². The second-order valence-electron chi connectivity index (χ2n) is 14.2. The zero-order valence-electron chi connectivity index (χ0n) is 33.6. The maximum absolute atomic E-state index is 12.7. The van der Waals surface area contributed by atoms with Crippen molar-refractivity contribution < 1.29 is 77.4 Å². The zero-order valence-corrected chi connectivity index (χ0v) is 33.6. The fourth-order valence-corrected chi connectivity index (χ4v) is 7.64. The van der Waals surface area contributed by atoms with Gasteiger partial charge in [-0.1, -0.05) is 0 Å². The fourth-order valence-electron chi connectivity index (χ4n) is 7.64. The van der Waals surface area contributed by atoms with Gasteiger partial charge in [-0.25, -0.2) is 0 Å². The van der Waals surface area contributed by atoms with Crippen LogP contribution in [0.2, 0.25) is 0 Å². The Hall–Kier alpha value is -2.15. The SMILES string of the molecule is CCOCC1O[C@@H](COC[C@@H]2C(CO)O[C@@H](O)C(NC(C)=O)[C@H]2OCC)C(NC(C)=O)[C@@H](OC(C)N)[C@@H]1COC[C@@H]1OC(CO)[C@@H](O)[C@H](OCC)C1NC(C)=O. The standard InChI is InChI=1S/C36H66N4O16/c1-8-48-15-26-23(14-50-17-28-30(39-20(6)44)35(52-10-3)32(46)25(12-42)54-28)34(53-18(4)37)29(38-19(5)43)27(55-26)16-49-13-22-24(11-41)56-36(47)31(40-21(7)45)33(22)51-9-2/h18,22-36,41-42,46-47H,8-17,37H2,1-7H3,(H,38,43)(H,39,44)(H,40,45)/t18?,22-,23-,24?,25?,26?,27+,28+,29?,30?,31?,32-,33+,34+,35-,36-/m1/s1. The molecule has 3 rings (SSSR count). The maximum atomic E-state index is 12.7. The van der Waals surface area contributed by atoms with Gasteiger partial charge in [0.1, 0.15) is 42.8 Å². The lowest BCUT2D eigenvalue weighted by atomic mass is 9.85. The minimum absolute atomic E-state index is 0.0163. The van der Waals surface area contributed by atoms with Gasteiger partial charge in [-0.15, -0.1) is 0 Å². The summed E-state index contributed by atoms with van der Waals surface area (Å²) in [7, 11) is 0. The summed E-state index contributed by atoms with van der Waals surface area (Å²) in [5.74, 6) is -2.37. The Morgan fingerprint density at radius 1 is 0.607 bits per heavy atom. The van der Waals surface area contributed by atoms with Crippen molar-refractivity contribution in [3.8, 4) is 0 Å². The summed E-state index contributed by atoms with van der Waals surface area (Å²) in [5, 5.41) is 50.0. The molecule has 3 aliphatic rings. The highest BCUT2D eigenvalue weighted by molar-refractivity contribution is 5.74. The lowest BCUT2D eigenvalue weighted by Gasteiger charge is -2.48. The van der Waals surface area contributed by atoms with Crippen molar-refractivity contribution in [1.29, 1.82) is 0 Å². The van der Waals surface area contributed by atoms with Crippen molar-refractivity contribution >= 4 is 17.7 Å². The highest BCUT2D eigenvalue weighted by Crippen LogP contribution is 2.33. The molecule has 0 aromatic heterocycles. The molecule has 326 valence electrons. The van der Waals surface area contributed by atoms with Crippen molar-refractivity contribution in [1.82, 2.24) is 16.0 Å². The number of nitrogens with one attached hydrogen (secondary N) is 3. The fraction of sp³-hybridized carbons (Fsp3) is 0.917. The van der Waals surface area contributed by atoms with Crippen LogP contribution >= 0.6 is 0 Å². The Balaban J connectivity index is 1.87. The molecule has 0 spiro atoms. The van der Waals surface area contributed by atoms with Gasteiger partial charge in [-0.2, -0.15) is 0 Å². The molecule has 9 N–H and O–H groups in total. The first-order valence-electron chi connectivity index (χ1n) is 19.4. The van der Waals surface area contributed by atoms with Crippen molar-refractivity contribution in [2.45, 2.75) is 134 Å². The molecular formula is C36H66N4O16. The Labute approximate surface area is 328 Å². The van der Waals surface area contributed by atoms with Crippen LogP contribution < -0.4 is 21.7 Å². The molecule has 16 atom stereocenters. The molecule has 0 aromatic rings. The Morgan fingerprint density at radius 2 is 1.07 bits per heavy atom. The molecule has 3 aliphatic heterocycles. The first-order valence-corrected chi connectivity index (χ1v) is 19.4. The zero-order chi connectivity index (χ0) is 41.5. The summed E-state index contributed by atoms with van der Waals surface area (Å²) in [6, 6.07) is -2.55. The van der Waals surface area contributed by atoms with E-state index in [1.54, 1.807) is 20.8 Å². The number of hydrogen-bond donors (Lipinski definition) is 8. The van der Waals surface area contributed by atoms with Gasteiger partial charge in [0.15, 0.2) is 6.29 Å². The highest BCUT2D eigenvalue weighted by Gasteiger charge is 2.50. The summed E-state index contributed by atoms with van der Waals surface area (Å²) < 4.78 is 54.6. The normalized spacial score (nSPS) is 36.8. The third kappa shape index (κ3) is 13.4. The van der Waals surface area contributed by atoms with Gasteiger partial charge >= 0.3 is 0 Å². The molecule has 3 heterocycles. The third-order valence-electron chi connectivity index (χ3n) is 9.93. The van der Waals surface area contributed by atoms with Crippen LogP contribution in [0.1, 0.15) is 48.5 Å². The summed E-state index contributed by atoms with van der Waals surface area (Å²) in [6.45, 7) is 10.8. The van der Waals surface area contributed by atoms with Crippen LogP contribution in [0, 0.1) is 11.8 Å². The highest BCUT2D eigenvalue weighted by atomic mass is 16.6.